The summed E-state index contributed by atoms with van der Waals surface area (Å²) >= 11 is 6.00. The normalized spacial score (nSPS) is 11.7. The van der Waals surface area contributed by atoms with Gasteiger partial charge in [-0.25, -0.2) is 8.42 Å². The number of aliphatic hydroxyl groups is 1. The molecule has 0 aliphatic rings. The lowest BCUT2D eigenvalue weighted by molar-refractivity contribution is 0.295. The SMILES string of the molecule is O=S(=O)(CCCO)Cc1noc(-c2ccccc2Cl)n1. The van der Waals surface area contributed by atoms with Gasteiger partial charge >= 0.3 is 0 Å². The monoisotopic (exact) mass is 316 g/mol. The van der Waals surface area contributed by atoms with Crippen LogP contribution in [0.5, 0.6) is 0 Å². The van der Waals surface area contributed by atoms with Crippen LogP contribution in [0.25, 0.3) is 11.5 Å². The van der Waals surface area contributed by atoms with E-state index in [2.05, 4.69) is 10.1 Å². The van der Waals surface area contributed by atoms with Crippen molar-refractivity contribution in [1.29, 1.82) is 0 Å². The van der Waals surface area contributed by atoms with Crippen LogP contribution in [0.15, 0.2) is 28.8 Å². The first-order valence-electron chi connectivity index (χ1n) is 5.90. The van der Waals surface area contributed by atoms with Crippen LogP contribution in [-0.4, -0.2) is 36.0 Å². The van der Waals surface area contributed by atoms with Crippen molar-refractivity contribution in [2.75, 3.05) is 12.4 Å². The van der Waals surface area contributed by atoms with Crippen LogP contribution >= 0.6 is 11.6 Å². The van der Waals surface area contributed by atoms with Gasteiger partial charge in [-0.15, -0.1) is 0 Å². The van der Waals surface area contributed by atoms with Crippen molar-refractivity contribution >= 4 is 21.4 Å². The largest absolute Gasteiger partial charge is 0.396 e. The second-order valence-electron chi connectivity index (χ2n) is 4.16. The van der Waals surface area contributed by atoms with Gasteiger partial charge in [-0.05, 0) is 18.6 Å². The molecule has 1 aromatic heterocycles. The first-order chi connectivity index (χ1) is 9.52. The number of halogens is 1. The second kappa shape index (κ2) is 6.34. The van der Waals surface area contributed by atoms with Crippen molar-refractivity contribution in [3.05, 3.63) is 35.1 Å². The maximum Gasteiger partial charge on any atom is 0.259 e. The predicted octanol–water partition coefficient (Wildman–Crippen LogP) is 1.69. The second-order valence-corrected chi connectivity index (χ2v) is 6.76. The van der Waals surface area contributed by atoms with E-state index in [-0.39, 0.29) is 36.2 Å². The van der Waals surface area contributed by atoms with E-state index in [0.717, 1.165) is 0 Å². The molecule has 1 heterocycles. The Balaban J connectivity index is 2.16. The van der Waals surface area contributed by atoms with E-state index in [0.29, 0.717) is 10.6 Å². The molecule has 6 nitrogen and oxygen atoms in total. The summed E-state index contributed by atoms with van der Waals surface area (Å²) in [4.78, 5) is 4.03. The minimum Gasteiger partial charge on any atom is -0.396 e. The quantitative estimate of drug-likeness (QED) is 0.871. The highest BCUT2D eigenvalue weighted by Crippen LogP contribution is 2.26. The molecule has 0 saturated heterocycles. The minimum absolute atomic E-state index is 0.0814. The van der Waals surface area contributed by atoms with Crippen molar-refractivity contribution in [3.8, 4) is 11.5 Å². The van der Waals surface area contributed by atoms with Gasteiger partial charge < -0.3 is 9.63 Å². The van der Waals surface area contributed by atoms with E-state index in [9.17, 15) is 8.42 Å². The molecular formula is C12H13ClN2O4S. The Bertz CT molecular complexity index is 684. The van der Waals surface area contributed by atoms with Crippen LogP contribution in [0.1, 0.15) is 12.2 Å². The van der Waals surface area contributed by atoms with Gasteiger partial charge in [0.15, 0.2) is 15.7 Å². The average molecular weight is 317 g/mol. The molecule has 0 aliphatic heterocycles. The Morgan fingerprint density at radius 3 is 2.75 bits per heavy atom. The number of hydrogen-bond donors (Lipinski definition) is 1. The molecule has 0 bridgehead atoms. The molecule has 0 amide bonds. The van der Waals surface area contributed by atoms with Crippen LogP contribution in [0.3, 0.4) is 0 Å². The Kier molecular flexibility index (Phi) is 4.74. The van der Waals surface area contributed by atoms with Crippen LogP contribution in [-0.2, 0) is 15.6 Å². The average Bonchev–Trinajstić information content (AvgIpc) is 2.84. The maximum absolute atomic E-state index is 11.7. The van der Waals surface area contributed by atoms with E-state index < -0.39 is 9.84 Å². The zero-order chi connectivity index (χ0) is 14.6. The summed E-state index contributed by atoms with van der Waals surface area (Å²) in [6.07, 6.45) is 0.192. The smallest absolute Gasteiger partial charge is 0.259 e. The molecule has 1 N–H and O–H groups in total. The fourth-order valence-electron chi connectivity index (χ4n) is 1.61. The summed E-state index contributed by atoms with van der Waals surface area (Å²) in [7, 11) is -3.35. The van der Waals surface area contributed by atoms with Crippen molar-refractivity contribution < 1.29 is 18.0 Å². The molecule has 0 aliphatic carbocycles. The van der Waals surface area contributed by atoms with Gasteiger partial charge in [0.05, 0.1) is 16.3 Å². The Morgan fingerprint density at radius 2 is 2.05 bits per heavy atom. The number of hydrogen-bond acceptors (Lipinski definition) is 6. The van der Waals surface area contributed by atoms with Gasteiger partial charge in [0.2, 0.25) is 0 Å². The molecule has 8 heteroatoms. The van der Waals surface area contributed by atoms with E-state index >= 15 is 0 Å². The molecule has 0 radical (unpaired) electrons. The molecule has 0 unspecified atom stereocenters. The number of sulfone groups is 1. The molecule has 0 fully saturated rings. The lowest BCUT2D eigenvalue weighted by Gasteiger charge is -1.98. The summed E-state index contributed by atoms with van der Waals surface area (Å²) in [6, 6.07) is 6.92. The molecule has 1 aromatic carbocycles. The summed E-state index contributed by atoms with van der Waals surface area (Å²) in [5, 5.41) is 12.7. The van der Waals surface area contributed by atoms with Gasteiger partial charge in [-0.3, -0.25) is 0 Å². The summed E-state index contributed by atoms with van der Waals surface area (Å²) in [5.41, 5.74) is 0.556. The first-order valence-corrected chi connectivity index (χ1v) is 8.10. The minimum atomic E-state index is -3.35. The molecule has 0 saturated carbocycles. The Labute approximate surface area is 121 Å². The fourth-order valence-corrected chi connectivity index (χ4v) is 3.05. The number of aliphatic hydroxyl groups excluding tert-OH is 1. The Hall–Kier alpha value is -1.44. The van der Waals surface area contributed by atoms with Gasteiger partial charge in [0.1, 0.15) is 5.75 Å². The van der Waals surface area contributed by atoms with E-state index in [1.165, 1.54) is 0 Å². The van der Waals surface area contributed by atoms with Gasteiger partial charge in [0, 0.05) is 6.61 Å². The first kappa shape index (κ1) is 15.0. The maximum atomic E-state index is 11.7. The summed E-state index contributed by atoms with van der Waals surface area (Å²) < 4.78 is 28.4. The topological polar surface area (TPSA) is 93.3 Å². The summed E-state index contributed by atoms with van der Waals surface area (Å²) in [5.74, 6) is -0.165. The molecule has 0 atom stereocenters. The van der Waals surface area contributed by atoms with Gasteiger partial charge in [-0.1, -0.05) is 28.9 Å². The van der Waals surface area contributed by atoms with Crippen molar-refractivity contribution in [3.63, 3.8) is 0 Å². The van der Waals surface area contributed by atoms with Crippen molar-refractivity contribution in [2.45, 2.75) is 12.2 Å². The number of nitrogens with zero attached hydrogens (tertiary/aromatic N) is 2. The number of aromatic nitrogens is 2. The van der Waals surface area contributed by atoms with Crippen molar-refractivity contribution in [1.82, 2.24) is 10.1 Å². The van der Waals surface area contributed by atoms with Gasteiger partial charge in [-0.2, -0.15) is 4.98 Å². The lowest BCUT2D eigenvalue weighted by Crippen LogP contribution is -2.11. The molecule has 108 valence electrons. The highest BCUT2D eigenvalue weighted by atomic mass is 35.5. The summed E-state index contributed by atoms with van der Waals surface area (Å²) in [6.45, 7) is -0.170. The molecule has 2 aromatic rings. The zero-order valence-corrected chi connectivity index (χ0v) is 12.1. The number of rotatable bonds is 6. The van der Waals surface area contributed by atoms with Crippen LogP contribution in [0.2, 0.25) is 5.02 Å². The van der Waals surface area contributed by atoms with E-state index in [1.807, 2.05) is 0 Å². The van der Waals surface area contributed by atoms with E-state index in [4.69, 9.17) is 21.2 Å². The molecule has 0 spiro atoms. The van der Waals surface area contributed by atoms with Crippen LogP contribution in [0, 0.1) is 0 Å². The van der Waals surface area contributed by atoms with E-state index in [1.54, 1.807) is 24.3 Å². The zero-order valence-electron chi connectivity index (χ0n) is 10.5. The van der Waals surface area contributed by atoms with Gasteiger partial charge in [0.25, 0.3) is 5.89 Å². The third kappa shape index (κ3) is 3.78. The molecular weight excluding hydrogens is 304 g/mol. The van der Waals surface area contributed by atoms with Crippen LogP contribution in [0.4, 0.5) is 0 Å². The van der Waals surface area contributed by atoms with Crippen molar-refractivity contribution in [2.24, 2.45) is 0 Å². The third-order valence-electron chi connectivity index (χ3n) is 2.53. The predicted molar refractivity (Wildman–Crippen MR) is 73.9 cm³/mol. The third-order valence-corrected chi connectivity index (χ3v) is 4.47. The highest BCUT2D eigenvalue weighted by molar-refractivity contribution is 7.90. The van der Waals surface area contributed by atoms with Crippen LogP contribution < -0.4 is 0 Å². The molecule has 2 rings (SSSR count). The Morgan fingerprint density at radius 1 is 1.30 bits per heavy atom. The standard InChI is InChI=1S/C12H13ClN2O4S/c13-10-5-2-1-4-9(10)12-14-11(15-19-12)8-20(17,18)7-3-6-16/h1-2,4-5,16H,3,6-8H2. The lowest BCUT2D eigenvalue weighted by atomic mass is 10.2. The molecule has 20 heavy (non-hydrogen) atoms. The highest BCUT2D eigenvalue weighted by Gasteiger charge is 2.18. The number of benzene rings is 1. The fraction of sp³-hybridized carbons (Fsp3) is 0.333.